The number of halogens is 3. The second-order valence-electron chi connectivity index (χ2n) is 4.63. The molecule has 1 aliphatic rings. The summed E-state index contributed by atoms with van der Waals surface area (Å²) in [6.07, 6.45) is 0.581. The van der Waals surface area contributed by atoms with Crippen molar-refractivity contribution in [2.75, 3.05) is 5.32 Å². The van der Waals surface area contributed by atoms with Crippen LogP contribution in [0.5, 0.6) is 0 Å². The molecule has 18 heavy (non-hydrogen) atoms. The molecule has 3 nitrogen and oxygen atoms in total. The first-order valence-electron chi connectivity index (χ1n) is 6.02. The van der Waals surface area contributed by atoms with Gasteiger partial charge in [0.05, 0.1) is 5.56 Å². The predicted octanol–water partition coefficient (Wildman–Crippen LogP) is 2.78. The first kappa shape index (κ1) is 13.1. The van der Waals surface area contributed by atoms with Gasteiger partial charge in [0.2, 0.25) is 0 Å². The van der Waals surface area contributed by atoms with E-state index in [-0.39, 0.29) is 12.1 Å². The molecule has 0 bridgehead atoms. The van der Waals surface area contributed by atoms with Gasteiger partial charge in [0.1, 0.15) is 5.82 Å². The molecule has 1 heterocycles. The molecule has 0 radical (unpaired) electrons. The van der Waals surface area contributed by atoms with Crippen LogP contribution in [0.4, 0.5) is 19.0 Å². The van der Waals surface area contributed by atoms with Crippen molar-refractivity contribution < 1.29 is 13.2 Å². The summed E-state index contributed by atoms with van der Waals surface area (Å²) in [7, 11) is 0. The summed E-state index contributed by atoms with van der Waals surface area (Å²) in [5, 5.41) is 3.11. The van der Waals surface area contributed by atoms with Gasteiger partial charge in [-0.3, -0.25) is 0 Å². The maximum absolute atomic E-state index is 12.4. The third kappa shape index (κ3) is 3.13. The first-order chi connectivity index (χ1) is 8.47. The molecule has 0 amide bonds. The SMILES string of the molecule is N[C@@H]1CCCC[C@H]1Nc1ccc(C(F)(F)F)cn1. The van der Waals surface area contributed by atoms with Gasteiger partial charge in [-0.2, -0.15) is 13.2 Å². The Balaban J connectivity index is 2.02. The van der Waals surface area contributed by atoms with E-state index in [4.69, 9.17) is 5.73 Å². The zero-order chi connectivity index (χ0) is 13.2. The number of nitrogens with zero attached hydrogens (tertiary/aromatic N) is 1. The molecular weight excluding hydrogens is 243 g/mol. The number of pyridine rings is 1. The Morgan fingerprint density at radius 2 is 1.94 bits per heavy atom. The molecule has 2 atom stereocenters. The number of anilines is 1. The highest BCUT2D eigenvalue weighted by Gasteiger charge is 2.30. The molecule has 1 aromatic heterocycles. The largest absolute Gasteiger partial charge is 0.417 e. The van der Waals surface area contributed by atoms with Crippen LogP contribution in [0.1, 0.15) is 31.2 Å². The normalized spacial score (nSPS) is 24.9. The van der Waals surface area contributed by atoms with E-state index >= 15 is 0 Å². The molecule has 0 aromatic carbocycles. The van der Waals surface area contributed by atoms with Crippen molar-refractivity contribution in [3.05, 3.63) is 23.9 Å². The minimum atomic E-state index is -4.34. The third-order valence-corrected chi connectivity index (χ3v) is 3.24. The number of nitrogens with two attached hydrogens (primary N) is 1. The highest BCUT2D eigenvalue weighted by molar-refractivity contribution is 5.37. The maximum atomic E-state index is 12.4. The number of alkyl halides is 3. The van der Waals surface area contributed by atoms with Crippen LogP contribution in [0.15, 0.2) is 18.3 Å². The Morgan fingerprint density at radius 1 is 1.22 bits per heavy atom. The lowest BCUT2D eigenvalue weighted by Gasteiger charge is -2.29. The van der Waals surface area contributed by atoms with Crippen LogP contribution in [0, 0.1) is 0 Å². The van der Waals surface area contributed by atoms with Gasteiger partial charge in [0.25, 0.3) is 0 Å². The van der Waals surface area contributed by atoms with Gasteiger partial charge in [0.15, 0.2) is 0 Å². The number of hydrogen-bond acceptors (Lipinski definition) is 3. The molecular formula is C12H16F3N3. The molecule has 100 valence electrons. The van der Waals surface area contributed by atoms with Crippen LogP contribution in [0.25, 0.3) is 0 Å². The van der Waals surface area contributed by atoms with E-state index in [1.54, 1.807) is 0 Å². The fraction of sp³-hybridized carbons (Fsp3) is 0.583. The Bertz CT molecular complexity index is 389. The van der Waals surface area contributed by atoms with E-state index in [9.17, 15) is 13.2 Å². The minimum absolute atomic E-state index is 0.0443. The molecule has 0 aliphatic heterocycles. The van der Waals surface area contributed by atoms with Gasteiger partial charge < -0.3 is 11.1 Å². The van der Waals surface area contributed by atoms with Gasteiger partial charge >= 0.3 is 6.18 Å². The predicted molar refractivity (Wildman–Crippen MR) is 63.1 cm³/mol. The van der Waals surface area contributed by atoms with Crippen molar-refractivity contribution >= 4 is 5.82 Å². The maximum Gasteiger partial charge on any atom is 0.417 e. The summed E-state index contributed by atoms with van der Waals surface area (Å²) in [6.45, 7) is 0. The smallest absolute Gasteiger partial charge is 0.366 e. The summed E-state index contributed by atoms with van der Waals surface area (Å²) in [6, 6.07) is 2.53. The van der Waals surface area contributed by atoms with E-state index in [1.165, 1.54) is 6.07 Å². The van der Waals surface area contributed by atoms with Gasteiger partial charge in [-0.1, -0.05) is 12.8 Å². The van der Waals surface area contributed by atoms with Gasteiger partial charge in [-0.05, 0) is 25.0 Å². The van der Waals surface area contributed by atoms with Crippen LogP contribution >= 0.6 is 0 Å². The van der Waals surface area contributed by atoms with Crippen LogP contribution in [-0.2, 0) is 6.18 Å². The topological polar surface area (TPSA) is 50.9 Å². The number of nitrogens with one attached hydrogen (secondary N) is 1. The number of hydrogen-bond donors (Lipinski definition) is 2. The molecule has 3 N–H and O–H groups in total. The standard InChI is InChI=1S/C12H16F3N3/c13-12(14,15)8-5-6-11(17-7-8)18-10-4-2-1-3-9(10)16/h5-7,9-10H,1-4,16H2,(H,17,18)/t9-,10-/m1/s1. The average molecular weight is 259 g/mol. The van der Waals surface area contributed by atoms with E-state index in [2.05, 4.69) is 10.3 Å². The molecule has 0 saturated heterocycles. The van der Waals surface area contributed by atoms with Crippen LogP contribution in [-0.4, -0.2) is 17.1 Å². The van der Waals surface area contributed by atoms with Gasteiger partial charge in [0, 0.05) is 18.3 Å². The summed E-state index contributed by atoms with van der Waals surface area (Å²) in [5.74, 6) is 0.449. The van der Waals surface area contributed by atoms with E-state index < -0.39 is 11.7 Å². The lowest BCUT2D eigenvalue weighted by atomic mass is 9.91. The van der Waals surface area contributed by atoms with Crippen LogP contribution in [0.2, 0.25) is 0 Å². The number of rotatable bonds is 2. The van der Waals surface area contributed by atoms with Crippen molar-refractivity contribution in [3.63, 3.8) is 0 Å². The lowest BCUT2D eigenvalue weighted by molar-refractivity contribution is -0.137. The lowest BCUT2D eigenvalue weighted by Crippen LogP contribution is -2.42. The first-order valence-corrected chi connectivity index (χ1v) is 6.02. The Morgan fingerprint density at radius 3 is 2.50 bits per heavy atom. The number of aromatic nitrogens is 1. The summed E-state index contributed by atoms with van der Waals surface area (Å²) >= 11 is 0. The Labute approximate surface area is 104 Å². The zero-order valence-corrected chi connectivity index (χ0v) is 9.87. The zero-order valence-electron chi connectivity index (χ0n) is 9.87. The molecule has 0 spiro atoms. The quantitative estimate of drug-likeness (QED) is 0.858. The van der Waals surface area contributed by atoms with E-state index in [1.807, 2.05) is 0 Å². The highest BCUT2D eigenvalue weighted by Crippen LogP contribution is 2.29. The minimum Gasteiger partial charge on any atom is -0.366 e. The molecule has 6 heteroatoms. The van der Waals surface area contributed by atoms with Crippen LogP contribution in [0.3, 0.4) is 0 Å². The summed E-state index contributed by atoms with van der Waals surface area (Å²) < 4.78 is 37.1. The average Bonchev–Trinajstić information content (AvgIpc) is 2.32. The van der Waals surface area contributed by atoms with E-state index in [0.717, 1.165) is 37.9 Å². The fourth-order valence-corrected chi connectivity index (χ4v) is 2.18. The second-order valence-corrected chi connectivity index (χ2v) is 4.63. The third-order valence-electron chi connectivity index (χ3n) is 3.24. The molecule has 1 fully saturated rings. The Kier molecular flexibility index (Phi) is 3.75. The van der Waals surface area contributed by atoms with Crippen LogP contribution < -0.4 is 11.1 Å². The fourth-order valence-electron chi connectivity index (χ4n) is 2.18. The molecule has 0 unspecified atom stereocenters. The van der Waals surface area contributed by atoms with Crippen molar-refractivity contribution in [2.24, 2.45) is 5.73 Å². The molecule has 2 rings (SSSR count). The van der Waals surface area contributed by atoms with Gasteiger partial charge in [-0.15, -0.1) is 0 Å². The highest BCUT2D eigenvalue weighted by atomic mass is 19.4. The molecule has 1 aromatic rings. The van der Waals surface area contributed by atoms with E-state index in [0.29, 0.717) is 5.82 Å². The monoisotopic (exact) mass is 259 g/mol. The second kappa shape index (κ2) is 5.14. The van der Waals surface area contributed by atoms with Gasteiger partial charge in [-0.25, -0.2) is 4.98 Å². The van der Waals surface area contributed by atoms with Crippen molar-refractivity contribution in [1.82, 2.24) is 4.98 Å². The molecule has 1 saturated carbocycles. The Hall–Kier alpha value is -1.30. The summed E-state index contributed by atoms with van der Waals surface area (Å²) in [5.41, 5.74) is 5.22. The summed E-state index contributed by atoms with van der Waals surface area (Å²) in [4.78, 5) is 3.79. The molecule has 1 aliphatic carbocycles. The van der Waals surface area contributed by atoms with Crippen molar-refractivity contribution in [1.29, 1.82) is 0 Å². The van der Waals surface area contributed by atoms with Crippen molar-refractivity contribution in [2.45, 2.75) is 43.9 Å². The van der Waals surface area contributed by atoms with Crippen molar-refractivity contribution in [3.8, 4) is 0 Å².